The van der Waals surface area contributed by atoms with Crippen LogP contribution < -0.4 is 5.32 Å². The third kappa shape index (κ3) is 3.29. The standard InChI is InChI=1S/C13H21N3OS/c1-4-10-8-18-11(15-10)7-12(17)16-6-5-14-13(2,3)9-16/h8,14H,4-7,9H2,1-3H3. The molecule has 1 aliphatic rings. The molecule has 0 bridgehead atoms. The Balaban J connectivity index is 1.95. The lowest BCUT2D eigenvalue weighted by Gasteiger charge is -2.39. The third-order valence-electron chi connectivity index (χ3n) is 3.19. The fraction of sp³-hybridized carbons (Fsp3) is 0.692. The van der Waals surface area contributed by atoms with Gasteiger partial charge in [-0.1, -0.05) is 6.92 Å². The molecular weight excluding hydrogens is 246 g/mol. The van der Waals surface area contributed by atoms with E-state index in [1.54, 1.807) is 11.3 Å². The molecule has 0 aliphatic carbocycles. The fourth-order valence-corrected chi connectivity index (χ4v) is 3.06. The third-order valence-corrected chi connectivity index (χ3v) is 4.09. The number of amides is 1. The minimum atomic E-state index is 0.0192. The maximum atomic E-state index is 12.2. The van der Waals surface area contributed by atoms with Crippen molar-refractivity contribution in [2.75, 3.05) is 19.6 Å². The summed E-state index contributed by atoms with van der Waals surface area (Å²) in [5.41, 5.74) is 1.11. The van der Waals surface area contributed by atoms with Crippen LogP contribution in [0.4, 0.5) is 0 Å². The Labute approximate surface area is 112 Å². The fourth-order valence-electron chi connectivity index (χ4n) is 2.19. The second-order valence-electron chi connectivity index (χ2n) is 5.39. The van der Waals surface area contributed by atoms with E-state index in [1.807, 2.05) is 10.3 Å². The Morgan fingerprint density at radius 3 is 3.00 bits per heavy atom. The Kier molecular flexibility index (Phi) is 4.02. The SMILES string of the molecule is CCc1csc(CC(=O)N2CCNC(C)(C)C2)n1. The summed E-state index contributed by atoms with van der Waals surface area (Å²) in [6.45, 7) is 8.79. The van der Waals surface area contributed by atoms with Crippen molar-refractivity contribution in [3.63, 3.8) is 0 Å². The van der Waals surface area contributed by atoms with Crippen molar-refractivity contribution < 1.29 is 4.79 Å². The lowest BCUT2D eigenvalue weighted by molar-refractivity contribution is -0.132. The van der Waals surface area contributed by atoms with Crippen LogP contribution in [0, 0.1) is 0 Å². The topological polar surface area (TPSA) is 45.2 Å². The van der Waals surface area contributed by atoms with Gasteiger partial charge in [0.15, 0.2) is 0 Å². The first-order chi connectivity index (χ1) is 8.50. The molecule has 0 unspecified atom stereocenters. The Morgan fingerprint density at radius 2 is 2.39 bits per heavy atom. The van der Waals surface area contributed by atoms with E-state index >= 15 is 0 Å². The molecule has 2 rings (SSSR count). The average Bonchev–Trinajstić information content (AvgIpc) is 2.75. The van der Waals surface area contributed by atoms with Crippen molar-refractivity contribution in [2.24, 2.45) is 0 Å². The predicted octanol–water partition coefficient (Wildman–Crippen LogP) is 1.46. The van der Waals surface area contributed by atoms with Gasteiger partial charge in [0, 0.05) is 30.6 Å². The number of carbonyl (C=O) groups excluding carboxylic acids is 1. The largest absolute Gasteiger partial charge is 0.339 e. The van der Waals surface area contributed by atoms with Crippen molar-refractivity contribution >= 4 is 17.2 Å². The van der Waals surface area contributed by atoms with Crippen molar-refractivity contribution in [3.8, 4) is 0 Å². The number of rotatable bonds is 3. The maximum absolute atomic E-state index is 12.2. The lowest BCUT2D eigenvalue weighted by Crippen LogP contribution is -2.58. The van der Waals surface area contributed by atoms with Crippen LogP contribution in [-0.4, -0.2) is 41.0 Å². The van der Waals surface area contributed by atoms with Crippen LogP contribution >= 0.6 is 11.3 Å². The first-order valence-electron chi connectivity index (χ1n) is 6.46. The van der Waals surface area contributed by atoms with Crippen LogP contribution in [0.15, 0.2) is 5.38 Å². The molecule has 1 fully saturated rings. The normalized spacial score (nSPS) is 18.9. The minimum Gasteiger partial charge on any atom is -0.339 e. The zero-order valence-electron chi connectivity index (χ0n) is 11.3. The number of aryl methyl sites for hydroxylation is 1. The van der Waals surface area contributed by atoms with E-state index in [-0.39, 0.29) is 11.4 Å². The van der Waals surface area contributed by atoms with Crippen LogP contribution in [-0.2, 0) is 17.6 Å². The predicted molar refractivity (Wildman–Crippen MR) is 73.9 cm³/mol. The molecule has 1 amide bonds. The summed E-state index contributed by atoms with van der Waals surface area (Å²) in [5, 5.41) is 6.40. The summed E-state index contributed by atoms with van der Waals surface area (Å²) in [6.07, 6.45) is 1.38. The molecule has 0 aromatic carbocycles. The molecule has 100 valence electrons. The number of thiazole rings is 1. The highest BCUT2D eigenvalue weighted by Gasteiger charge is 2.28. The first kappa shape index (κ1) is 13.5. The van der Waals surface area contributed by atoms with Crippen LogP contribution in [0.3, 0.4) is 0 Å². The quantitative estimate of drug-likeness (QED) is 0.902. The molecule has 5 heteroatoms. The van der Waals surface area contributed by atoms with Crippen LogP contribution in [0.1, 0.15) is 31.5 Å². The van der Waals surface area contributed by atoms with Crippen LogP contribution in [0.25, 0.3) is 0 Å². The molecule has 0 atom stereocenters. The van der Waals surface area contributed by atoms with Crippen LogP contribution in [0.5, 0.6) is 0 Å². The summed E-state index contributed by atoms with van der Waals surface area (Å²) >= 11 is 1.59. The van der Waals surface area contributed by atoms with E-state index in [9.17, 15) is 4.79 Å². The number of carbonyl (C=O) groups is 1. The van der Waals surface area contributed by atoms with Gasteiger partial charge in [-0.2, -0.15) is 0 Å². The monoisotopic (exact) mass is 267 g/mol. The highest BCUT2D eigenvalue weighted by atomic mass is 32.1. The van der Waals surface area contributed by atoms with Gasteiger partial charge in [0.25, 0.3) is 0 Å². The maximum Gasteiger partial charge on any atom is 0.229 e. The molecular formula is C13H21N3OS. The molecule has 0 saturated carbocycles. The highest BCUT2D eigenvalue weighted by Crippen LogP contribution is 2.15. The van der Waals surface area contributed by atoms with Crippen molar-refractivity contribution in [3.05, 3.63) is 16.1 Å². The number of nitrogens with one attached hydrogen (secondary N) is 1. The summed E-state index contributed by atoms with van der Waals surface area (Å²) in [5.74, 6) is 0.196. The molecule has 0 radical (unpaired) electrons. The second kappa shape index (κ2) is 5.36. The van der Waals surface area contributed by atoms with E-state index in [0.29, 0.717) is 6.42 Å². The zero-order chi connectivity index (χ0) is 13.2. The summed E-state index contributed by atoms with van der Waals surface area (Å²) in [4.78, 5) is 18.6. The van der Waals surface area contributed by atoms with Crippen molar-refractivity contribution in [2.45, 2.75) is 39.2 Å². The number of hydrogen-bond donors (Lipinski definition) is 1. The van der Waals surface area contributed by atoms with Crippen molar-refractivity contribution in [1.82, 2.24) is 15.2 Å². The van der Waals surface area contributed by atoms with Gasteiger partial charge in [-0.25, -0.2) is 4.98 Å². The highest BCUT2D eigenvalue weighted by molar-refractivity contribution is 7.09. The van der Waals surface area contributed by atoms with Gasteiger partial charge in [-0.3, -0.25) is 4.79 Å². The Bertz CT molecular complexity index is 428. The summed E-state index contributed by atoms with van der Waals surface area (Å²) in [7, 11) is 0. The van der Waals surface area contributed by atoms with Gasteiger partial charge < -0.3 is 10.2 Å². The molecule has 1 aromatic rings. The van der Waals surface area contributed by atoms with Gasteiger partial charge >= 0.3 is 0 Å². The first-order valence-corrected chi connectivity index (χ1v) is 7.34. The molecule has 1 aromatic heterocycles. The number of piperazine rings is 1. The summed E-state index contributed by atoms with van der Waals surface area (Å²) in [6, 6.07) is 0. The molecule has 2 heterocycles. The summed E-state index contributed by atoms with van der Waals surface area (Å²) < 4.78 is 0. The van der Waals surface area contributed by atoms with Gasteiger partial charge in [0.1, 0.15) is 5.01 Å². The minimum absolute atomic E-state index is 0.0192. The van der Waals surface area contributed by atoms with E-state index in [4.69, 9.17) is 0 Å². The van der Waals surface area contributed by atoms with Gasteiger partial charge in [-0.05, 0) is 20.3 Å². The van der Waals surface area contributed by atoms with E-state index in [2.05, 4.69) is 31.1 Å². The lowest BCUT2D eigenvalue weighted by atomic mass is 10.0. The number of hydrogen-bond acceptors (Lipinski definition) is 4. The zero-order valence-corrected chi connectivity index (χ0v) is 12.1. The van der Waals surface area contributed by atoms with Crippen molar-refractivity contribution in [1.29, 1.82) is 0 Å². The molecule has 4 nitrogen and oxygen atoms in total. The smallest absolute Gasteiger partial charge is 0.229 e. The van der Waals surface area contributed by atoms with Gasteiger partial charge in [0.05, 0.1) is 12.1 Å². The number of nitrogens with zero attached hydrogens (tertiary/aromatic N) is 2. The van der Waals surface area contributed by atoms with Crippen LogP contribution in [0.2, 0.25) is 0 Å². The molecule has 18 heavy (non-hydrogen) atoms. The molecule has 1 N–H and O–H groups in total. The van der Waals surface area contributed by atoms with E-state index in [0.717, 1.165) is 36.8 Å². The number of aromatic nitrogens is 1. The second-order valence-corrected chi connectivity index (χ2v) is 6.33. The van der Waals surface area contributed by atoms with Gasteiger partial charge in [0.2, 0.25) is 5.91 Å². The Morgan fingerprint density at radius 1 is 1.61 bits per heavy atom. The van der Waals surface area contributed by atoms with Gasteiger partial charge in [-0.15, -0.1) is 11.3 Å². The van der Waals surface area contributed by atoms with E-state index < -0.39 is 0 Å². The van der Waals surface area contributed by atoms with E-state index in [1.165, 1.54) is 0 Å². The molecule has 1 aliphatic heterocycles. The molecule has 0 spiro atoms. The Hall–Kier alpha value is -0.940. The molecule has 1 saturated heterocycles. The average molecular weight is 267 g/mol.